The van der Waals surface area contributed by atoms with E-state index in [1.807, 2.05) is 31.2 Å². The molecule has 0 aliphatic rings. The average Bonchev–Trinajstić information content (AvgIpc) is 2.75. The Kier molecular flexibility index (Phi) is 3.73. The van der Waals surface area contributed by atoms with E-state index in [2.05, 4.69) is 21.8 Å². The molecule has 0 fully saturated rings. The Morgan fingerprint density at radius 2 is 2.12 bits per heavy atom. The summed E-state index contributed by atoms with van der Waals surface area (Å²) in [6.07, 6.45) is 0.464. The molecule has 0 aliphatic heterocycles. The molecule has 0 bridgehead atoms. The minimum Gasteiger partial charge on any atom is -0.379 e. The summed E-state index contributed by atoms with van der Waals surface area (Å²) in [7, 11) is 0. The van der Waals surface area contributed by atoms with Crippen molar-refractivity contribution < 1.29 is 0 Å². The summed E-state index contributed by atoms with van der Waals surface area (Å²) < 4.78 is 0. The highest BCUT2D eigenvalue weighted by Crippen LogP contribution is 2.13. The molecule has 0 spiro atoms. The van der Waals surface area contributed by atoms with Crippen LogP contribution in [0.15, 0.2) is 29.6 Å². The minimum atomic E-state index is 0.464. The van der Waals surface area contributed by atoms with Crippen LogP contribution in [0.2, 0.25) is 0 Å². The fourth-order valence-electron chi connectivity index (χ4n) is 1.51. The number of nitrogens with one attached hydrogen (secondary N) is 1. The van der Waals surface area contributed by atoms with Crippen molar-refractivity contribution in [3.05, 3.63) is 45.9 Å². The average molecular weight is 243 g/mol. The molecular formula is C13H13N3S. The van der Waals surface area contributed by atoms with Crippen molar-refractivity contribution in [3.63, 3.8) is 0 Å². The molecule has 0 atom stereocenters. The molecule has 1 heterocycles. The van der Waals surface area contributed by atoms with Crippen LogP contribution >= 0.6 is 11.3 Å². The van der Waals surface area contributed by atoms with Gasteiger partial charge in [-0.15, -0.1) is 11.3 Å². The topological polar surface area (TPSA) is 48.7 Å². The van der Waals surface area contributed by atoms with E-state index in [1.54, 1.807) is 11.3 Å². The predicted octanol–water partition coefficient (Wildman–Crippen LogP) is 3.13. The Balaban J connectivity index is 1.93. The van der Waals surface area contributed by atoms with Gasteiger partial charge in [0.15, 0.2) is 0 Å². The molecule has 17 heavy (non-hydrogen) atoms. The summed E-state index contributed by atoms with van der Waals surface area (Å²) in [5.74, 6) is 0. The summed E-state index contributed by atoms with van der Waals surface area (Å²) in [6, 6.07) is 10.1. The lowest BCUT2D eigenvalue weighted by Gasteiger charge is -2.04. The number of anilines is 1. The van der Waals surface area contributed by atoms with Gasteiger partial charge >= 0.3 is 0 Å². The Morgan fingerprint density at radius 1 is 1.35 bits per heavy atom. The second-order valence-electron chi connectivity index (χ2n) is 3.74. The number of nitriles is 1. The zero-order valence-corrected chi connectivity index (χ0v) is 10.4. The standard InChI is InChI=1S/C13H13N3S/c1-10-16-13(9-17-10)8-15-12-4-2-11(3-5-12)6-7-14/h2-5,9,15H,6,8H2,1H3. The lowest BCUT2D eigenvalue weighted by Crippen LogP contribution is -1.99. The van der Waals surface area contributed by atoms with E-state index in [0.717, 1.165) is 28.5 Å². The summed E-state index contributed by atoms with van der Waals surface area (Å²) >= 11 is 1.66. The van der Waals surface area contributed by atoms with E-state index >= 15 is 0 Å². The number of aryl methyl sites for hydroxylation is 1. The quantitative estimate of drug-likeness (QED) is 0.897. The highest BCUT2D eigenvalue weighted by Gasteiger charge is 1.98. The van der Waals surface area contributed by atoms with E-state index in [9.17, 15) is 0 Å². The molecule has 2 aromatic rings. The Bertz CT molecular complexity index is 522. The van der Waals surface area contributed by atoms with Gasteiger partial charge in [0.25, 0.3) is 0 Å². The van der Waals surface area contributed by atoms with Gasteiger partial charge in [0.2, 0.25) is 0 Å². The molecule has 1 aromatic heterocycles. The van der Waals surface area contributed by atoms with Crippen molar-refractivity contribution in [3.8, 4) is 6.07 Å². The first kappa shape index (κ1) is 11.6. The molecule has 86 valence electrons. The van der Waals surface area contributed by atoms with Crippen LogP contribution in [0.1, 0.15) is 16.3 Å². The number of benzene rings is 1. The number of aromatic nitrogens is 1. The van der Waals surface area contributed by atoms with Crippen molar-refractivity contribution in [1.29, 1.82) is 5.26 Å². The molecule has 2 rings (SSSR count). The third kappa shape index (κ3) is 3.30. The Labute approximate surface area is 105 Å². The number of hydrogen-bond acceptors (Lipinski definition) is 4. The minimum absolute atomic E-state index is 0.464. The SMILES string of the molecule is Cc1nc(CNc2ccc(CC#N)cc2)cs1. The summed E-state index contributed by atoms with van der Waals surface area (Å²) in [4.78, 5) is 4.39. The van der Waals surface area contributed by atoms with Crippen LogP contribution in [0.4, 0.5) is 5.69 Å². The van der Waals surface area contributed by atoms with Gasteiger partial charge in [0, 0.05) is 11.1 Å². The van der Waals surface area contributed by atoms with Gasteiger partial charge < -0.3 is 5.32 Å². The van der Waals surface area contributed by atoms with Crippen LogP contribution in [-0.2, 0) is 13.0 Å². The van der Waals surface area contributed by atoms with Crippen LogP contribution in [-0.4, -0.2) is 4.98 Å². The molecule has 0 aliphatic carbocycles. The van der Waals surface area contributed by atoms with Gasteiger partial charge in [-0.25, -0.2) is 4.98 Å². The van der Waals surface area contributed by atoms with Crippen LogP contribution in [0.5, 0.6) is 0 Å². The molecule has 0 saturated carbocycles. The second kappa shape index (κ2) is 5.46. The van der Waals surface area contributed by atoms with Crippen molar-refractivity contribution in [1.82, 2.24) is 4.98 Å². The number of nitrogens with zero attached hydrogens (tertiary/aromatic N) is 2. The monoisotopic (exact) mass is 243 g/mol. The van der Waals surface area contributed by atoms with Crippen LogP contribution < -0.4 is 5.32 Å². The van der Waals surface area contributed by atoms with E-state index in [1.165, 1.54) is 0 Å². The van der Waals surface area contributed by atoms with Gasteiger partial charge in [-0.05, 0) is 24.6 Å². The lowest BCUT2D eigenvalue weighted by atomic mass is 10.1. The molecule has 0 unspecified atom stereocenters. The lowest BCUT2D eigenvalue weighted by molar-refractivity contribution is 1.05. The zero-order chi connectivity index (χ0) is 12.1. The van der Waals surface area contributed by atoms with Gasteiger partial charge in [-0.1, -0.05) is 12.1 Å². The fourth-order valence-corrected chi connectivity index (χ4v) is 2.13. The highest BCUT2D eigenvalue weighted by atomic mass is 32.1. The number of thiazole rings is 1. The fraction of sp³-hybridized carbons (Fsp3) is 0.231. The summed E-state index contributed by atoms with van der Waals surface area (Å²) in [5.41, 5.74) is 3.16. The van der Waals surface area contributed by atoms with Crippen molar-refractivity contribution in [2.75, 3.05) is 5.32 Å². The maximum atomic E-state index is 8.57. The van der Waals surface area contributed by atoms with Gasteiger partial charge in [0.05, 0.1) is 29.7 Å². The third-order valence-corrected chi connectivity index (χ3v) is 3.20. The first-order valence-electron chi connectivity index (χ1n) is 5.38. The van der Waals surface area contributed by atoms with E-state index in [4.69, 9.17) is 5.26 Å². The maximum absolute atomic E-state index is 8.57. The Morgan fingerprint density at radius 3 is 2.71 bits per heavy atom. The molecule has 0 saturated heterocycles. The predicted molar refractivity (Wildman–Crippen MR) is 69.9 cm³/mol. The molecule has 0 radical (unpaired) electrons. The molecular weight excluding hydrogens is 230 g/mol. The van der Waals surface area contributed by atoms with Crippen molar-refractivity contribution >= 4 is 17.0 Å². The molecule has 1 N–H and O–H groups in total. The molecule has 0 amide bonds. The van der Waals surface area contributed by atoms with Crippen molar-refractivity contribution in [2.24, 2.45) is 0 Å². The Hall–Kier alpha value is -1.86. The maximum Gasteiger partial charge on any atom is 0.0898 e. The molecule has 1 aromatic carbocycles. The number of rotatable bonds is 4. The normalized spacial score (nSPS) is 9.88. The van der Waals surface area contributed by atoms with Crippen LogP contribution in [0, 0.1) is 18.3 Å². The van der Waals surface area contributed by atoms with Gasteiger partial charge in [0.1, 0.15) is 0 Å². The van der Waals surface area contributed by atoms with Crippen LogP contribution in [0.3, 0.4) is 0 Å². The molecule has 4 heteroatoms. The smallest absolute Gasteiger partial charge is 0.0898 e. The van der Waals surface area contributed by atoms with E-state index in [0.29, 0.717) is 6.42 Å². The highest BCUT2D eigenvalue weighted by molar-refractivity contribution is 7.09. The zero-order valence-electron chi connectivity index (χ0n) is 9.60. The van der Waals surface area contributed by atoms with E-state index < -0.39 is 0 Å². The van der Waals surface area contributed by atoms with Gasteiger partial charge in [-0.2, -0.15) is 5.26 Å². The van der Waals surface area contributed by atoms with E-state index in [-0.39, 0.29) is 0 Å². The van der Waals surface area contributed by atoms with Crippen molar-refractivity contribution in [2.45, 2.75) is 19.9 Å². The second-order valence-corrected chi connectivity index (χ2v) is 4.81. The van der Waals surface area contributed by atoms with Gasteiger partial charge in [-0.3, -0.25) is 0 Å². The molecule has 3 nitrogen and oxygen atoms in total. The first-order chi connectivity index (χ1) is 8.28. The number of hydrogen-bond donors (Lipinski definition) is 1. The first-order valence-corrected chi connectivity index (χ1v) is 6.26. The largest absolute Gasteiger partial charge is 0.379 e. The summed E-state index contributed by atoms with van der Waals surface area (Å²) in [6.45, 7) is 2.74. The summed E-state index contributed by atoms with van der Waals surface area (Å²) in [5, 5.41) is 15.0. The third-order valence-electron chi connectivity index (χ3n) is 2.38. The van der Waals surface area contributed by atoms with Crippen LogP contribution in [0.25, 0.3) is 0 Å².